The lowest BCUT2D eigenvalue weighted by Gasteiger charge is -2.42. The summed E-state index contributed by atoms with van der Waals surface area (Å²) in [5, 5.41) is 0. The zero-order chi connectivity index (χ0) is 13.4. The highest BCUT2D eigenvalue weighted by Crippen LogP contribution is 2.40. The van der Waals surface area contributed by atoms with E-state index >= 15 is 0 Å². The predicted molar refractivity (Wildman–Crippen MR) is 78.6 cm³/mol. The molecule has 2 N–H and O–H groups in total. The minimum atomic E-state index is 0.363. The van der Waals surface area contributed by atoms with Crippen molar-refractivity contribution >= 4 is 0 Å². The van der Waals surface area contributed by atoms with Crippen molar-refractivity contribution in [1.29, 1.82) is 0 Å². The molecule has 2 fully saturated rings. The Kier molecular flexibility index (Phi) is 4.08. The van der Waals surface area contributed by atoms with Gasteiger partial charge in [-0.1, -0.05) is 27.2 Å². The summed E-state index contributed by atoms with van der Waals surface area (Å²) in [6.07, 6.45) is 9.36. The molecule has 0 heterocycles. The second-order valence-corrected chi connectivity index (χ2v) is 7.96. The van der Waals surface area contributed by atoms with Gasteiger partial charge in [0.25, 0.3) is 0 Å². The van der Waals surface area contributed by atoms with Crippen LogP contribution in [0.1, 0.15) is 65.7 Å². The maximum Gasteiger partial charge on any atom is 0.0105 e. The molecule has 0 aromatic carbocycles. The van der Waals surface area contributed by atoms with E-state index in [1.807, 2.05) is 0 Å². The van der Waals surface area contributed by atoms with E-state index in [-0.39, 0.29) is 0 Å². The predicted octanol–water partition coefficient (Wildman–Crippen LogP) is 3.40. The first-order valence-corrected chi connectivity index (χ1v) is 7.78. The largest absolute Gasteiger partial charge is 0.327 e. The van der Waals surface area contributed by atoms with Crippen molar-refractivity contribution in [3.8, 4) is 0 Å². The molecule has 2 atom stereocenters. The van der Waals surface area contributed by atoms with Crippen molar-refractivity contribution in [3.63, 3.8) is 0 Å². The smallest absolute Gasteiger partial charge is 0.0105 e. The fourth-order valence-corrected chi connectivity index (χ4v) is 3.98. The molecule has 106 valence electrons. The molecule has 0 amide bonds. The Bertz CT molecular complexity index is 277. The zero-order valence-corrected chi connectivity index (χ0v) is 12.8. The van der Waals surface area contributed by atoms with Crippen LogP contribution in [0, 0.1) is 10.8 Å². The van der Waals surface area contributed by atoms with E-state index in [4.69, 9.17) is 5.73 Å². The number of rotatable bonds is 3. The van der Waals surface area contributed by atoms with Crippen LogP contribution in [0.25, 0.3) is 0 Å². The summed E-state index contributed by atoms with van der Waals surface area (Å²) < 4.78 is 0. The molecule has 18 heavy (non-hydrogen) atoms. The van der Waals surface area contributed by atoms with Gasteiger partial charge in [0, 0.05) is 18.6 Å². The molecule has 2 aliphatic rings. The number of hydrogen-bond acceptors (Lipinski definition) is 2. The Morgan fingerprint density at radius 1 is 1.06 bits per heavy atom. The Morgan fingerprint density at radius 3 is 2.17 bits per heavy atom. The monoisotopic (exact) mass is 252 g/mol. The average molecular weight is 252 g/mol. The summed E-state index contributed by atoms with van der Waals surface area (Å²) in [7, 11) is 2.32. The van der Waals surface area contributed by atoms with Gasteiger partial charge in [0.15, 0.2) is 0 Å². The first kappa shape index (κ1) is 14.3. The average Bonchev–Trinajstić information content (AvgIpc) is 2.58. The summed E-state index contributed by atoms with van der Waals surface area (Å²) in [6, 6.07) is 1.21. The lowest BCUT2D eigenvalue weighted by Crippen LogP contribution is -2.47. The number of nitrogens with zero attached hydrogens (tertiary/aromatic N) is 1. The van der Waals surface area contributed by atoms with E-state index < -0.39 is 0 Å². The highest BCUT2D eigenvalue weighted by Gasteiger charge is 2.39. The van der Waals surface area contributed by atoms with Crippen LogP contribution in [0.15, 0.2) is 0 Å². The van der Waals surface area contributed by atoms with Crippen LogP contribution < -0.4 is 5.73 Å². The van der Waals surface area contributed by atoms with E-state index in [9.17, 15) is 0 Å². The van der Waals surface area contributed by atoms with Crippen LogP contribution in [0.2, 0.25) is 0 Å². The van der Waals surface area contributed by atoms with Crippen LogP contribution in [-0.4, -0.2) is 30.6 Å². The van der Waals surface area contributed by atoms with Crippen LogP contribution >= 0.6 is 0 Å². The molecule has 2 nitrogen and oxygen atoms in total. The van der Waals surface area contributed by atoms with Crippen molar-refractivity contribution in [1.82, 2.24) is 4.90 Å². The topological polar surface area (TPSA) is 29.3 Å². The van der Waals surface area contributed by atoms with Gasteiger partial charge in [0.1, 0.15) is 0 Å². The second-order valence-electron chi connectivity index (χ2n) is 7.96. The van der Waals surface area contributed by atoms with Crippen molar-refractivity contribution in [3.05, 3.63) is 0 Å². The number of nitrogens with two attached hydrogens (primary N) is 1. The number of hydrogen-bond donors (Lipinski definition) is 1. The van der Waals surface area contributed by atoms with Gasteiger partial charge in [-0.15, -0.1) is 0 Å². The summed E-state index contributed by atoms with van der Waals surface area (Å²) >= 11 is 0. The van der Waals surface area contributed by atoms with Gasteiger partial charge in [-0.2, -0.15) is 0 Å². The maximum absolute atomic E-state index is 6.31. The van der Waals surface area contributed by atoms with Crippen LogP contribution in [0.5, 0.6) is 0 Å². The summed E-state index contributed by atoms with van der Waals surface area (Å²) in [5.41, 5.74) is 7.24. The Morgan fingerprint density at radius 2 is 1.67 bits per heavy atom. The molecular formula is C16H32N2. The second kappa shape index (κ2) is 5.13. The summed E-state index contributed by atoms with van der Waals surface area (Å²) in [4.78, 5) is 2.61. The molecule has 0 saturated heterocycles. The molecule has 0 bridgehead atoms. The van der Waals surface area contributed by atoms with E-state index in [0.717, 1.165) is 6.04 Å². The quantitative estimate of drug-likeness (QED) is 0.834. The molecule has 2 heteroatoms. The van der Waals surface area contributed by atoms with E-state index in [1.54, 1.807) is 0 Å². The normalized spacial score (nSPS) is 37.3. The van der Waals surface area contributed by atoms with Gasteiger partial charge in [-0.05, 0) is 56.4 Å². The molecule has 2 unspecified atom stereocenters. The fourth-order valence-electron chi connectivity index (χ4n) is 3.98. The lowest BCUT2D eigenvalue weighted by molar-refractivity contribution is 0.0858. The van der Waals surface area contributed by atoms with E-state index in [2.05, 4.69) is 32.7 Å². The van der Waals surface area contributed by atoms with Gasteiger partial charge >= 0.3 is 0 Å². The van der Waals surface area contributed by atoms with Crippen LogP contribution in [0.4, 0.5) is 0 Å². The summed E-state index contributed by atoms with van der Waals surface area (Å²) in [6.45, 7) is 8.42. The van der Waals surface area contributed by atoms with Crippen molar-refractivity contribution in [2.75, 3.05) is 13.6 Å². The molecule has 2 rings (SSSR count). The SMILES string of the molecule is CN(CC1(C)CCCC1N)C1CCC(C)(C)CC1. The van der Waals surface area contributed by atoms with Gasteiger partial charge < -0.3 is 10.6 Å². The van der Waals surface area contributed by atoms with Gasteiger partial charge in [-0.3, -0.25) is 0 Å². The Balaban J connectivity index is 1.87. The van der Waals surface area contributed by atoms with Gasteiger partial charge in [-0.25, -0.2) is 0 Å². The minimum absolute atomic E-state index is 0.363. The molecule has 0 aromatic rings. The molecular weight excluding hydrogens is 220 g/mol. The van der Waals surface area contributed by atoms with E-state index in [0.29, 0.717) is 16.9 Å². The third-order valence-electron chi connectivity index (χ3n) is 5.70. The Labute approximate surface area is 113 Å². The summed E-state index contributed by atoms with van der Waals surface area (Å²) in [5.74, 6) is 0. The van der Waals surface area contributed by atoms with E-state index in [1.165, 1.54) is 51.5 Å². The third-order valence-corrected chi connectivity index (χ3v) is 5.70. The third kappa shape index (κ3) is 3.08. The van der Waals surface area contributed by atoms with Crippen LogP contribution in [-0.2, 0) is 0 Å². The molecule has 2 saturated carbocycles. The molecule has 2 aliphatic carbocycles. The fraction of sp³-hybridized carbons (Fsp3) is 1.00. The first-order valence-electron chi connectivity index (χ1n) is 7.78. The van der Waals surface area contributed by atoms with Gasteiger partial charge in [0.2, 0.25) is 0 Å². The zero-order valence-electron chi connectivity index (χ0n) is 12.8. The van der Waals surface area contributed by atoms with Crippen LogP contribution in [0.3, 0.4) is 0 Å². The molecule has 0 aliphatic heterocycles. The molecule has 0 aromatic heterocycles. The maximum atomic E-state index is 6.31. The standard InChI is InChI=1S/C16H32N2/c1-15(2)10-7-13(8-11-15)18(4)12-16(3)9-5-6-14(16)17/h13-14H,5-12,17H2,1-4H3. The highest BCUT2D eigenvalue weighted by atomic mass is 15.1. The van der Waals surface area contributed by atoms with Crippen molar-refractivity contribution in [2.24, 2.45) is 16.6 Å². The van der Waals surface area contributed by atoms with Crippen molar-refractivity contribution in [2.45, 2.75) is 77.8 Å². The highest BCUT2D eigenvalue weighted by molar-refractivity contribution is 4.94. The van der Waals surface area contributed by atoms with Gasteiger partial charge in [0.05, 0.1) is 0 Å². The van der Waals surface area contributed by atoms with Crippen molar-refractivity contribution < 1.29 is 0 Å². The molecule has 0 spiro atoms. The first-order chi connectivity index (χ1) is 8.32. The minimum Gasteiger partial charge on any atom is -0.327 e. The lowest BCUT2D eigenvalue weighted by atomic mass is 9.75. The Hall–Kier alpha value is -0.0800. The molecule has 0 radical (unpaired) electrons.